The Kier molecular flexibility index (Phi) is 8.30. The molecule has 3 aromatic carbocycles. The molecule has 0 bridgehead atoms. The van der Waals surface area contributed by atoms with E-state index in [2.05, 4.69) is 15.2 Å². The Hall–Kier alpha value is -4.31. The van der Waals surface area contributed by atoms with E-state index in [1.54, 1.807) is 0 Å². The second kappa shape index (κ2) is 12.1. The maximum atomic E-state index is 13.4. The Morgan fingerprint density at radius 2 is 1.68 bits per heavy atom. The monoisotopic (exact) mass is 562 g/mol. The highest BCUT2D eigenvalue weighted by atomic mass is 19.4. The number of halogens is 3. The van der Waals surface area contributed by atoms with Crippen LogP contribution in [0.5, 0.6) is 0 Å². The van der Waals surface area contributed by atoms with Gasteiger partial charge >= 0.3 is 12.2 Å². The molecule has 41 heavy (non-hydrogen) atoms. The molecule has 1 aromatic heterocycles. The zero-order valence-electron chi connectivity index (χ0n) is 22.8. The average molecular weight is 563 g/mol. The van der Waals surface area contributed by atoms with Crippen LogP contribution in [0.4, 0.5) is 29.3 Å². The average Bonchev–Trinajstić information content (AvgIpc) is 3.33. The summed E-state index contributed by atoms with van der Waals surface area (Å²) in [5.41, 5.74) is 9.96. The number of aromatic nitrogens is 2. The molecule has 5 rings (SSSR count). The van der Waals surface area contributed by atoms with E-state index in [0.29, 0.717) is 30.2 Å². The number of rotatable bonds is 7. The van der Waals surface area contributed by atoms with Gasteiger partial charge in [-0.2, -0.15) is 13.2 Å². The molecule has 0 unspecified atom stereocenters. The molecule has 2 heterocycles. The van der Waals surface area contributed by atoms with Crippen molar-refractivity contribution in [2.45, 2.75) is 45.1 Å². The SMILES string of the molecule is Cc1[nH]c(-c2ccc(C(F)(F)F)cc2)nc1CN1CCC(N(Cc2ccc(N)cc2)C(=O)Nc2ccccc2)CC1. The van der Waals surface area contributed by atoms with E-state index in [1.165, 1.54) is 12.1 Å². The van der Waals surface area contributed by atoms with Crippen LogP contribution in [0.25, 0.3) is 11.4 Å². The Balaban J connectivity index is 1.24. The van der Waals surface area contributed by atoms with Gasteiger partial charge in [-0.15, -0.1) is 0 Å². The number of nitrogens with one attached hydrogen (secondary N) is 2. The lowest BCUT2D eigenvalue weighted by molar-refractivity contribution is -0.137. The summed E-state index contributed by atoms with van der Waals surface area (Å²) in [5, 5.41) is 3.03. The molecule has 214 valence electrons. The number of anilines is 2. The van der Waals surface area contributed by atoms with Crippen molar-refractivity contribution >= 4 is 17.4 Å². The van der Waals surface area contributed by atoms with Gasteiger partial charge in [0.2, 0.25) is 0 Å². The summed E-state index contributed by atoms with van der Waals surface area (Å²) in [5.74, 6) is 0.549. The lowest BCUT2D eigenvalue weighted by atomic mass is 10.0. The topological polar surface area (TPSA) is 90.3 Å². The first kappa shape index (κ1) is 28.2. The standard InChI is InChI=1S/C31H33F3N6O/c1-21-28(38-29(36-21)23-9-11-24(12-10-23)31(32,33)34)20-39-17-15-27(16-18-39)40(19-22-7-13-25(35)14-8-22)30(41)37-26-5-3-2-4-6-26/h2-14,27H,15-20,35H2,1H3,(H,36,38)(H,37,41). The fourth-order valence-electron chi connectivity index (χ4n) is 5.11. The van der Waals surface area contributed by atoms with Crippen molar-refractivity contribution < 1.29 is 18.0 Å². The fourth-order valence-corrected chi connectivity index (χ4v) is 5.11. The van der Waals surface area contributed by atoms with E-state index in [1.807, 2.05) is 66.4 Å². The summed E-state index contributed by atoms with van der Waals surface area (Å²) in [6.07, 6.45) is -2.78. The Morgan fingerprint density at radius 1 is 1.02 bits per heavy atom. The summed E-state index contributed by atoms with van der Waals surface area (Å²) in [6.45, 7) is 4.57. The number of hydrogen-bond acceptors (Lipinski definition) is 4. The molecule has 1 saturated heterocycles. The summed E-state index contributed by atoms with van der Waals surface area (Å²) in [4.78, 5) is 25.5. The highest BCUT2D eigenvalue weighted by Crippen LogP contribution is 2.31. The molecule has 0 saturated carbocycles. The first-order chi connectivity index (χ1) is 19.7. The Morgan fingerprint density at radius 3 is 2.32 bits per heavy atom. The third kappa shape index (κ3) is 7.07. The predicted molar refractivity (Wildman–Crippen MR) is 154 cm³/mol. The number of nitrogens with two attached hydrogens (primary N) is 1. The van der Waals surface area contributed by atoms with Crippen LogP contribution in [-0.2, 0) is 19.3 Å². The van der Waals surface area contributed by atoms with E-state index in [-0.39, 0.29) is 12.1 Å². The molecule has 0 aliphatic carbocycles. The molecule has 0 spiro atoms. The molecule has 1 fully saturated rings. The zero-order chi connectivity index (χ0) is 29.0. The van der Waals surface area contributed by atoms with E-state index in [9.17, 15) is 18.0 Å². The number of likely N-dealkylation sites (tertiary alicyclic amines) is 1. The van der Waals surface area contributed by atoms with Crippen LogP contribution in [-0.4, -0.2) is 44.9 Å². The molecule has 0 radical (unpaired) electrons. The number of para-hydroxylation sites is 1. The maximum absolute atomic E-state index is 13.4. The van der Waals surface area contributed by atoms with Gasteiger partial charge in [0.1, 0.15) is 5.82 Å². The van der Waals surface area contributed by atoms with Crippen molar-refractivity contribution in [1.82, 2.24) is 19.8 Å². The van der Waals surface area contributed by atoms with Crippen molar-refractivity contribution in [2.24, 2.45) is 0 Å². The number of alkyl halides is 3. The van der Waals surface area contributed by atoms with E-state index in [0.717, 1.165) is 60.7 Å². The second-order valence-corrected chi connectivity index (χ2v) is 10.4. The number of urea groups is 1. The van der Waals surface area contributed by atoms with Crippen LogP contribution in [0.15, 0.2) is 78.9 Å². The third-order valence-electron chi connectivity index (χ3n) is 7.46. The number of hydrogen-bond donors (Lipinski definition) is 3. The number of aromatic amines is 1. The molecule has 10 heteroatoms. The number of carbonyl (C=O) groups excluding carboxylic acids is 1. The van der Waals surface area contributed by atoms with Crippen molar-refractivity contribution in [2.75, 3.05) is 24.1 Å². The van der Waals surface area contributed by atoms with Gasteiger partial charge < -0.3 is 20.9 Å². The van der Waals surface area contributed by atoms with Gasteiger partial charge in [0.05, 0.1) is 11.3 Å². The summed E-state index contributed by atoms with van der Waals surface area (Å²) in [7, 11) is 0. The molecule has 0 atom stereocenters. The van der Waals surface area contributed by atoms with Crippen molar-refractivity contribution in [1.29, 1.82) is 0 Å². The Labute approximate surface area is 237 Å². The lowest BCUT2D eigenvalue weighted by Crippen LogP contribution is -2.48. The van der Waals surface area contributed by atoms with Crippen molar-refractivity contribution in [3.05, 3.63) is 101 Å². The zero-order valence-corrected chi connectivity index (χ0v) is 22.8. The number of carbonyl (C=O) groups is 1. The number of nitrogen functional groups attached to an aromatic ring is 1. The van der Waals surface area contributed by atoms with Gasteiger partial charge in [0, 0.05) is 54.9 Å². The first-order valence-corrected chi connectivity index (χ1v) is 13.6. The molecule has 1 aliphatic rings. The van der Waals surface area contributed by atoms with Gasteiger partial charge in [-0.05, 0) is 61.7 Å². The molecular formula is C31H33F3N6O. The molecule has 2 amide bonds. The molecule has 4 aromatic rings. The van der Waals surface area contributed by atoms with Gasteiger partial charge in [-0.3, -0.25) is 4.90 Å². The van der Waals surface area contributed by atoms with Gasteiger partial charge in [0.15, 0.2) is 0 Å². The molecule has 1 aliphatic heterocycles. The number of amides is 2. The number of aryl methyl sites for hydroxylation is 1. The largest absolute Gasteiger partial charge is 0.416 e. The summed E-state index contributed by atoms with van der Waals surface area (Å²) in [6, 6.07) is 21.9. The van der Waals surface area contributed by atoms with Crippen LogP contribution < -0.4 is 11.1 Å². The number of piperidine rings is 1. The Bertz CT molecular complexity index is 1440. The van der Waals surface area contributed by atoms with Crippen LogP contribution in [0.2, 0.25) is 0 Å². The van der Waals surface area contributed by atoms with Crippen LogP contribution >= 0.6 is 0 Å². The fraction of sp³-hybridized carbons (Fsp3) is 0.290. The highest BCUT2D eigenvalue weighted by molar-refractivity contribution is 5.89. The normalized spacial score (nSPS) is 14.6. The van der Waals surface area contributed by atoms with Gasteiger partial charge in [-0.25, -0.2) is 9.78 Å². The molecule has 7 nitrogen and oxygen atoms in total. The van der Waals surface area contributed by atoms with E-state index in [4.69, 9.17) is 10.7 Å². The summed E-state index contributed by atoms with van der Waals surface area (Å²) >= 11 is 0. The van der Waals surface area contributed by atoms with Crippen molar-refractivity contribution in [3.8, 4) is 11.4 Å². The minimum Gasteiger partial charge on any atom is -0.399 e. The van der Waals surface area contributed by atoms with E-state index < -0.39 is 11.7 Å². The highest BCUT2D eigenvalue weighted by Gasteiger charge is 2.31. The summed E-state index contributed by atoms with van der Waals surface area (Å²) < 4.78 is 38.8. The van der Waals surface area contributed by atoms with Gasteiger partial charge in [-0.1, -0.05) is 42.5 Å². The smallest absolute Gasteiger partial charge is 0.399 e. The number of benzene rings is 3. The van der Waals surface area contributed by atoms with Gasteiger partial charge in [0.25, 0.3) is 0 Å². The predicted octanol–water partition coefficient (Wildman–Crippen LogP) is 6.68. The minimum atomic E-state index is -4.37. The minimum absolute atomic E-state index is 0.0514. The van der Waals surface area contributed by atoms with Crippen molar-refractivity contribution in [3.63, 3.8) is 0 Å². The number of nitrogens with zero attached hydrogens (tertiary/aromatic N) is 3. The number of H-pyrrole nitrogens is 1. The molecule has 4 N–H and O–H groups in total. The maximum Gasteiger partial charge on any atom is 0.416 e. The third-order valence-corrected chi connectivity index (χ3v) is 7.46. The first-order valence-electron chi connectivity index (χ1n) is 13.6. The quantitative estimate of drug-likeness (QED) is 0.219. The van der Waals surface area contributed by atoms with Crippen LogP contribution in [0.1, 0.15) is 35.4 Å². The number of imidazole rings is 1. The van der Waals surface area contributed by atoms with Crippen LogP contribution in [0, 0.1) is 6.92 Å². The second-order valence-electron chi connectivity index (χ2n) is 10.4. The molecular weight excluding hydrogens is 529 g/mol. The lowest BCUT2D eigenvalue weighted by Gasteiger charge is -2.38. The van der Waals surface area contributed by atoms with Crippen LogP contribution in [0.3, 0.4) is 0 Å². The van der Waals surface area contributed by atoms with E-state index >= 15 is 0 Å².